The molecule has 1 unspecified atom stereocenters. The molecule has 0 radical (unpaired) electrons. The number of hydrazine groups is 1. The van der Waals surface area contributed by atoms with Crippen molar-refractivity contribution in [2.75, 3.05) is 0 Å². The van der Waals surface area contributed by atoms with Crippen LogP contribution in [0.4, 0.5) is 4.39 Å². The van der Waals surface area contributed by atoms with Gasteiger partial charge in [-0.2, -0.15) is 0 Å². The van der Waals surface area contributed by atoms with Crippen LogP contribution in [0, 0.1) is 19.7 Å². The van der Waals surface area contributed by atoms with Crippen molar-refractivity contribution in [1.29, 1.82) is 0 Å². The summed E-state index contributed by atoms with van der Waals surface area (Å²) < 4.78 is 13.2. The Balaban J connectivity index is 2.50. The van der Waals surface area contributed by atoms with Gasteiger partial charge in [-0.15, -0.1) is 0 Å². The van der Waals surface area contributed by atoms with Crippen molar-refractivity contribution < 1.29 is 4.39 Å². The van der Waals surface area contributed by atoms with Crippen molar-refractivity contribution in [2.24, 2.45) is 5.84 Å². The van der Waals surface area contributed by atoms with Crippen LogP contribution in [-0.2, 0) is 0 Å². The van der Waals surface area contributed by atoms with Gasteiger partial charge in [-0.25, -0.2) is 9.82 Å². The topological polar surface area (TPSA) is 38.0 Å². The molecule has 0 aliphatic rings. The van der Waals surface area contributed by atoms with Gasteiger partial charge in [0.1, 0.15) is 5.82 Å². The highest BCUT2D eigenvalue weighted by Crippen LogP contribution is 2.28. The number of nitrogens with two attached hydrogens (primary N) is 1. The van der Waals surface area contributed by atoms with Crippen molar-refractivity contribution in [3.05, 3.63) is 69.5 Å². The third-order valence-corrected chi connectivity index (χ3v) is 3.69. The zero-order valence-corrected chi connectivity index (χ0v) is 11.6. The first kappa shape index (κ1) is 14.0. The molecular weight excluding hydrogens is 263 g/mol. The van der Waals surface area contributed by atoms with E-state index >= 15 is 0 Å². The second-order valence-corrected chi connectivity index (χ2v) is 4.97. The molecule has 1 atom stereocenters. The Bertz CT molecular complexity index is 599. The van der Waals surface area contributed by atoms with Gasteiger partial charge in [0.25, 0.3) is 0 Å². The first-order valence-electron chi connectivity index (χ1n) is 6.01. The van der Waals surface area contributed by atoms with Crippen LogP contribution in [0.2, 0.25) is 5.02 Å². The molecule has 0 saturated carbocycles. The molecule has 0 fully saturated rings. The molecule has 0 aliphatic carbocycles. The van der Waals surface area contributed by atoms with Crippen LogP contribution in [0.1, 0.15) is 28.3 Å². The van der Waals surface area contributed by atoms with Crippen molar-refractivity contribution in [3.8, 4) is 0 Å². The van der Waals surface area contributed by atoms with Crippen LogP contribution < -0.4 is 11.3 Å². The van der Waals surface area contributed by atoms with Gasteiger partial charge >= 0.3 is 0 Å². The molecule has 2 nitrogen and oxygen atoms in total. The summed E-state index contributed by atoms with van der Waals surface area (Å²) in [5.74, 6) is 5.23. The average Bonchev–Trinajstić information content (AvgIpc) is 2.39. The van der Waals surface area contributed by atoms with Gasteiger partial charge in [0.2, 0.25) is 0 Å². The van der Waals surface area contributed by atoms with E-state index in [1.807, 2.05) is 32.0 Å². The lowest BCUT2D eigenvalue weighted by atomic mass is 9.93. The van der Waals surface area contributed by atoms with E-state index in [0.29, 0.717) is 0 Å². The number of hydrogen-bond acceptors (Lipinski definition) is 2. The predicted octanol–water partition coefficient (Wildman–Crippen LogP) is 3.65. The summed E-state index contributed by atoms with van der Waals surface area (Å²) in [4.78, 5) is 0. The van der Waals surface area contributed by atoms with E-state index in [1.54, 1.807) is 12.1 Å². The zero-order chi connectivity index (χ0) is 14.0. The highest BCUT2D eigenvalue weighted by atomic mass is 35.5. The molecule has 0 aromatic heterocycles. The molecule has 3 N–H and O–H groups in total. The molecule has 2 aromatic carbocycles. The Hall–Kier alpha value is -1.42. The average molecular weight is 279 g/mol. The fraction of sp³-hybridized carbons (Fsp3) is 0.200. The Morgan fingerprint density at radius 3 is 2.58 bits per heavy atom. The second kappa shape index (κ2) is 5.70. The maximum atomic E-state index is 13.2. The van der Waals surface area contributed by atoms with Gasteiger partial charge < -0.3 is 0 Å². The summed E-state index contributed by atoms with van der Waals surface area (Å²) in [5, 5.41) is 0.100. The van der Waals surface area contributed by atoms with Crippen LogP contribution in [-0.4, -0.2) is 0 Å². The summed E-state index contributed by atoms with van der Waals surface area (Å²) in [7, 11) is 0. The van der Waals surface area contributed by atoms with E-state index in [-0.39, 0.29) is 11.1 Å². The molecule has 0 saturated heterocycles. The van der Waals surface area contributed by atoms with E-state index in [1.165, 1.54) is 11.6 Å². The van der Waals surface area contributed by atoms with Gasteiger partial charge in [0.15, 0.2) is 0 Å². The van der Waals surface area contributed by atoms with E-state index in [9.17, 15) is 4.39 Å². The number of halogens is 2. The minimum Gasteiger partial charge on any atom is -0.271 e. The molecule has 2 aromatic rings. The van der Waals surface area contributed by atoms with Crippen molar-refractivity contribution >= 4 is 11.6 Å². The van der Waals surface area contributed by atoms with Gasteiger partial charge in [-0.1, -0.05) is 35.9 Å². The Morgan fingerprint density at radius 1 is 1.21 bits per heavy atom. The minimum absolute atomic E-state index is 0.100. The summed E-state index contributed by atoms with van der Waals surface area (Å²) in [6.07, 6.45) is 0. The third-order valence-electron chi connectivity index (χ3n) is 3.40. The monoisotopic (exact) mass is 278 g/mol. The van der Waals surface area contributed by atoms with Crippen molar-refractivity contribution in [1.82, 2.24) is 5.43 Å². The van der Waals surface area contributed by atoms with E-state index in [4.69, 9.17) is 17.4 Å². The highest BCUT2D eigenvalue weighted by Gasteiger charge is 2.16. The third kappa shape index (κ3) is 2.78. The number of nitrogens with one attached hydrogen (secondary N) is 1. The summed E-state index contributed by atoms with van der Waals surface area (Å²) in [5.41, 5.74) is 7.01. The maximum Gasteiger partial charge on any atom is 0.141 e. The molecule has 0 amide bonds. The van der Waals surface area contributed by atoms with Gasteiger partial charge in [-0.3, -0.25) is 5.84 Å². The second-order valence-electron chi connectivity index (χ2n) is 4.56. The minimum atomic E-state index is -0.429. The first-order chi connectivity index (χ1) is 9.04. The number of hydrogen-bond donors (Lipinski definition) is 2. The fourth-order valence-corrected chi connectivity index (χ4v) is 2.33. The number of benzene rings is 2. The van der Waals surface area contributed by atoms with Crippen LogP contribution >= 0.6 is 11.6 Å². The van der Waals surface area contributed by atoms with Crippen LogP contribution in [0.25, 0.3) is 0 Å². The molecule has 0 bridgehead atoms. The van der Waals surface area contributed by atoms with Crippen molar-refractivity contribution in [3.63, 3.8) is 0 Å². The van der Waals surface area contributed by atoms with Crippen molar-refractivity contribution in [2.45, 2.75) is 19.9 Å². The molecule has 100 valence electrons. The summed E-state index contributed by atoms with van der Waals surface area (Å²) >= 11 is 5.83. The smallest absolute Gasteiger partial charge is 0.141 e. The quantitative estimate of drug-likeness (QED) is 0.664. The van der Waals surface area contributed by atoms with Gasteiger partial charge in [0.05, 0.1) is 11.1 Å². The maximum absolute atomic E-state index is 13.2. The molecule has 2 rings (SSSR count). The molecule has 4 heteroatoms. The van der Waals surface area contributed by atoms with E-state index < -0.39 is 5.82 Å². The molecule has 0 aliphatic heterocycles. The van der Waals surface area contributed by atoms with Crippen LogP contribution in [0.15, 0.2) is 36.4 Å². The van der Waals surface area contributed by atoms with Gasteiger partial charge in [0, 0.05) is 0 Å². The van der Waals surface area contributed by atoms with Gasteiger partial charge in [-0.05, 0) is 48.2 Å². The Labute approximate surface area is 117 Å². The summed E-state index contributed by atoms with van der Waals surface area (Å²) in [6, 6.07) is 10.5. The lowest BCUT2D eigenvalue weighted by Crippen LogP contribution is -2.29. The fourth-order valence-electron chi connectivity index (χ4n) is 2.14. The van der Waals surface area contributed by atoms with Crippen LogP contribution in [0.5, 0.6) is 0 Å². The molecule has 0 heterocycles. The SMILES string of the molecule is Cc1cccc(C(NN)c2ccc(F)c(Cl)c2)c1C. The number of aryl methyl sites for hydroxylation is 1. The molecule has 19 heavy (non-hydrogen) atoms. The zero-order valence-electron chi connectivity index (χ0n) is 10.9. The largest absolute Gasteiger partial charge is 0.271 e. The number of rotatable bonds is 3. The van der Waals surface area contributed by atoms with E-state index in [2.05, 4.69) is 5.43 Å². The Kier molecular flexibility index (Phi) is 4.20. The predicted molar refractivity (Wildman–Crippen MR) is 76.5 cm³/mol. The van der Waals surface area contributed by atoms with Crippen LogP contribution in [0.3, 0.4) is 0 Å². The normalized spacial score (nSPS) is 12.5. The lowest BCUT2D eigenvalue weighted by Gasteiger charge is -2.20. The lowest BCUT2D eigenvalue weighted by molar-refractivity contribution is 0.614. The Morgan fingerprint density at radius 2 is 1.95 bits per heavy atom. The highest BCUT2D eigenvalue weighted by molar-refractivity contribution is 6.30. The molecular formula is C15H16ClFN2. The molecule has 0 spiro atoms. The van der Waals surface area contributed by atoms with E-state index in [0.717, 1.165) is 16.7 Å². The first-order valence-corrected chi connectivity index (χ1v) is 6.39. The summed E-state index contributed by atoms with van der Waals surface area (Å²) in [6.45, 7) is 4.09. The standard InChI is InChI=1S/C15H16ClFN2/c1-9-4-3-5-12(10(9)2)15(19-18)11-6-7-14(17)13(16)8-11/h3-8,15,19H,18H2,1-2H3.